The minimum atomic E-state index is 0.261. The first-order chi connectivity index (χ1) is 12.6. The molecular weight excluding hydrogens is 322 g/mol. The van der Waals surface area contributed by atoms with E-state index in [-0.39, 0.29) is 6.04 Å². The lowest BCUT2D eigenvalue weighted by Gasteiger charge is -2.17. The Morgan fingerprint density at radius 1 is 1.19 bits per heavy atom. The van der Waals surface area contributed by atoms with Crippen LogP contribution in [-0.4, -0.2) is 28.4 Å². The summed E-state index contributed by atoms with van der Waals surface area (Å²) in [6, 6.07) is 16.1. The van der Waals surface area contributed by atoms with Gasteiger partial charge in [-0.25, -0.2) is 4.68 Å². The zero-order chi connectivity index (χ0) is 18.1. The van der Waals surface area contributed by atoms with Gasteiger partial charge in [-0.2, -0.15) is 5.10 Å². The number of nitrogens with zero attached hydrogens (tertiary/aromatic N) is 2. The highest BCUT2D eigenvalue weighted by molar-refractivity contribution is 5.90. The van der Waals surface area contributed by atoms with Gasteiger partial charge in [0.25, 0.3) is 0 Å². The van der Waals surface area contributed by atoms with Crippen LogP contribution in [-0.2, 0) is 0 Å². The Bertz CT molecular complexity index is 895. The molecule has 0 aliphatic carbocycles. The normalized spacial score (nSPS) is 21.3. The Kier molecular flexibility index (Phi) is 4.76. The largest absolute Gasteiger partial charge is 0.308 e. The van der Waals surface area contributed by atoms with Gasteiger partial charge in [-0.15, -0.1) is 0 Å². The Morgan fingerprint density at radius 2 is 2.00 bits per heavy atom. The third-order valence-corrected chi connectivity index (χ3v) is 5.35. The van der Waals surface area contributed by atoms with Gasteiger partial charge in [0.1, 0.15) is 0 Å². The van der Waals surface area contributed by atoms with Gasteiger partial charge in [0, 0.05) is 41.3 Å². The van der Waals surface area contributed by atoms with Crippen molar-refractivity contribution in [2.24, 2.45) is 0 Å². The molecule has 4 rings (SSSR count). The summed E-state index contributed by atoms with van der Waals surface area (Å²) in [5, 5.41) is 10.8. The summed E-state index contributed by atoms with van der Waals surface area (Å²) < 4.78 is 2.06. The maximum Gasteiger partial charge on any atom is 0.0727 e. The van der Waals surface area contributed by atoms with E-state index in [4.69, 9.17) is 5.10 Å². The van der Waals surface area contributed by atoms with Crippen LogP contribution in [0, 0.1) is 6.92 Å². The summed E-state index contributed by atoms with van der Waals surface area (Å²) in [4.78, 5) is 0. The third kappa shape index (κ3) is 3.26. The van der Waals surface area contributed by atoms with E-state index in [1.54, 1.807) is 0 Å². The van der Waals surface area contributed by atoms with Gasteiger partial charge in [0.05, 0.1) is 11.9 Å². The van der Waals surface area contributed by atoms with Gasteiger partial charge in [0.2, 0.25) is 0 Å². The summed E-state index contributed by atoms with van der Waals surface area (Å²) >= 11 is 0. The van der Waals surface area contributed by atoms with E-state index in [1.807, 2.05) is 6.20 Å². The zero-order valence-electron chi connectivity index (χ0n) is 15.7. The van der Waals surface area contributed by atoms with Crippen molar-refractivity contribution in [2.45, 2.75) is 45.3 Å². The standard InChI is InChI=1S/C21H27N5/c1-14-11-18(25-24-14)12-22-15(2)20-13-23-26(16(20)3)21-10-6-8-17-7-4-5-9-19(17)21/h4-10,13-15,18,22,24-25H,11-12H2,1-3H3. The van der Waals surface area contributed by atoms with Crippen molar-refractivity contribution in [2.75, 3.05) is 6.54 Å². The lowest BCUT2D eigenvalue weighted by atomic mass is 10.1. The molecule has 5 nitrogen and oxygen atoms in total. The summed E-state index contributed by atoms with van der Waals surface area (Å²) in [6.07, 6.45) is 3.14. The molecule has 2 heterocycles. The first kappa shape index (κ1) is 17.2. The molecule has 0 bridgehead atoms. The van der Waals surface area contributed by atoms with Crippen molar-refractivity contribution in [3.05, 3.63) is 59.9 Å². The molecule has 0 radical (unpaired) electrons. The Labute approximate surface area is 154 Å². The zero-order valence-corrected chi connectivity index (χ0v) is 15.7. The molecule has 1 aliphatic heterocycles. The fourth-order valence-electron chi connectivity index (χ4n) is 3.85. The first-order valence-corrected chi connectivity index (χ1v) is 9.40. The minimum absolute atomic E-state index is 0.261. The van der Waals surface area contributed by atoms with Crippen LogP contribution in [0.3, 0.4) is 0 Å². The lowest BCUT2D eigenvalue weighted by Crippen LogP contribution is -2.39. The fraction of sp³-hybridized carbons (Fsp3) is 0.381. The van der Waals surface area contributed by atoms with Crippen LogP contribution in [0.15, 0.2) is 48.7 Å². The topological polar surface area (TPSA) is 53.9 Å². The SMILES string of the molecule is Cc1c(C(C)NCC2CC(C)NN2)cnn1-c1cccc2ccccc12. The van der Waals surface area contributed by atoms with Crippen LogP contribution >= 0.6 is 0 Å². The van der Waals surface area contributed by atoms with E-state index in [1.165, 1.54) is 22.0 Å². The molecule has 1 aliphatic rings. The predicted octanol–water partition coefficient (Wildman–Crippen LogP) is 3.24. The smallest absolute Gasteiger partial charge is 0.0727 e. The van der Waals surface area contributed by atoms with Crippen LogP contribution < -0.4 is 16.2 Å². The van der Waals surface area contributed by atoms with Crippen molar-refractivity contribution < 1.29 is 0 Å². The quantitative estimate of drug-likeness (QED) is 0.662. The monoisotopic (exact) mass is 349 g/mol. The molecule has 136 valence electrons. The summed E-state index contributed by atoms with van der Waals surface area (Å²) in [5.74, 6) is 0. The summed E-state index contributed by atoms with van der Waals surface area (Å²) in [5.41, 5.74) is 10.2. The van der Waals surface area contributed by atoms with E-state index in [9.17, 15) is 0 Å². The van der Waals surface area contributed by atoms with Gasteiger partial charge in [-0.1, -0.05) is 36.4 Å². The average molecular weight is 349 g/mol. The molecule has 2 aromatic carbocycles. The van der Waals surface area contributed by atoms with Gasteiger partial charge in [-0.05, 0) is 38.6 Å². The van der Waals surface area contributed by atoms with Crippen LogP contribution in [0.1, 0.15) is 37.6 Å². The van der Waals surface area contributed by atoms with Crippen LogP contribution in [0.25, 0.3) is 16.5 Å². The highest BCUT2D eigenvalue weighted by Gasteiger charge is 2.21. The van der Waals surface area contributed by atoms with Crippen LogP contribution in [0.4, 0.5) is 0 Å². The molecule has 26 heavy (non-hydrogen) atoms. The van der Waals surface area contributed by atoms with Gasteiger partial charge in [-0.3, -0.25) is 10.9 Å². The molecule has 5 heteroatoms. The maximum atomic E-state index is 4.70. The number of hydrogen-bond acceptors (Lipinski definition) is 4. The molecule has 0 spiro atoms. The third-order valence-electron chi connectivity index (χ3n) is 5.35. The molecule has 0 saturated carbocycles. The van der Waals surface area contributed by atoms with Crippen molar-refractivity contribution in [1.82, 2.24) is 25.9 Å². The fourth-order valence-corrected chi connectivity index (χ4v) is 3.85. The second-order valence-corrected chi connectivity index (χ2v) is 7.35. The molecule has 0 amide bonds. The van der Waals surface area contributed by atoms with E-state index in [0.29, 0.717) is 12.1 Å². The predicted molar refractivity (Wildman–Crippen MR) is 106 cm³/mol. The number of fused-ring (bicyclic) bond motifs is 1. The molecule has 1 fully saturated rings. The van der Waals surface area contributed by atoms with E-state index >= 15 is 0 Å². The summed E-state index contributed by atoms with van der Waals surface area (Å²) in [6.45, 7) is 7.51. The Hall–Kier alpha value is -2.21. The Morgan fingerprint density at radius 3 is 2.81 bits per heavy atom. The van der Waals surface area contributed by atoms with E-state index < -0.39 is 0 Å². The number of hydrogen-bond donors (Lipinski definition) is 3. The van der Waals surface area contributed by atoms with Crippen molar-refractivity contribution in [1.29, 1.82) is 0 Å². The molecule has 1 saturated heterocycles. The maximum absolute atomic E-state index is 4.70. The summed E-state index contributed by atoms with van der Waals surface area (Å²) in [7, 11) is 0. The van der Waals surface area contributed by atoms with E-state index in [2.05, 4.69) is 84.1 Å². The Balaban J connectivity index is 1.56. The molecule has 3 unspecified atom stereocenters. The van der Waals surface area contributed by atoms with Crippen LogP contribution in [0.2, 0.25) is 0 Å². The van der Waals surface area contributed by atoms with Gasteiger partial charge < -0.3 is 5.32 Å². The molecular formula is C21H27N5. The first-order valence-electron chi connectivity index (χ1n) is 9.40. The number of hydrazine groups is 1. The highest BCUT2D eigenvalue weighted by atomic mass is 15.4. The highest BCUT2D eigenvalue weighted by Crippen LogP contribution is 2.25. The molecule has 3 aromatic rings. The van der Waals surface area contributed by atoms with Crippen LogP contribution in [0.5, 0.6) is 0 Å². The number of aromatic nitrogens is 2. The van der Waals surface area contributed by atoms with Crippen molar-refractivity contribution in [3.63, 3.8) is 0 Å². The average Bonchev–Trinajstić information content (AvgIpc) is 3.25. The van der Waals surface area contributed by atoms with Crippen molar-refractivity contribution in [3.8, 4) is 5.69 Å². The molecule has 3 N–H and O–H groups in total. The minimum Gasteiger partial charge on any atom is -0.308 e. The van der Waals surface area contributed by atoms with Gasteiger partial charge in [0.15, 0.2) is 0 Å². The molecule has 3 atom stereocenters. The number of benzene rings is 2. The molecule has 1 aromatic heterocycles. The van der Waals surface area contributed by atoms with Gasteiger partial charge >= 0.3 is 0 Å². The van der Waals surface area contributed by atoms with Crippen molar-refractivity contribution >= 4 is 10.8 Å². The lowest BCUT2D eigenvalue weighted by molar-refractivity contribution is 0.471. The number of nitrogens with one attached hydrogen (secondary N) is 3. The second kappa shape index (κ2) is 7.19. The second-order valence-electron chi connectivity index (χ2n) is 7.35. The number of rotatable bonds is 5. The van der Waals surface area contributed by atoms with E-state index in [0.717, 1.165) is 18.7 Å².